The number of fused-ring (bicyclic) bond motifs is 1. The summed E-state index contributed by atoms with van der Waals surface area (Å²) < 4.78 is 76.0. The molecule has 1 saturated carbocycles. The standard InChI is InChI=1S/C28H21F3N4O5S/c29-28(30,31)39-21-11-5-17(6-12-21)16-35(26-24(18-7-8-18)23-4-2-1-3-20(23)15-32-26)41(37,38)22-13-9-19(10-14-22)25-33-27(36)40-34-25/h1-6,9-15,18H,7-8,16H2,(H,33,34,36). The molecule has 0 amide bonds. The number of anilines is 1. The number of rotatable bonds is 8. The fourth-order valence-electron chi connectivity index (χ4n) is 4.65. The summed E-state index contributed by atoms with van der Waals surface area (Å²) in [6.45, 7) is -0.196. The van der Waals surface area contributed by atoms with Crippen molar-refractivity contribution in [1.29, 1.82) is 0 Å². The van der Waals surface area contributed by atoms with Crippen LogP contribution in [0.2, 0.25) is 0 Å². The Hall–Kier alpha value is -4.65. The Balaban J connectivity index is 1.44. The number of nitrogens with one attached hydrogen (secondary N) is 1. The zero-order valence-electron chi connectivity index (χ0n) is 21.1. The number of hydrogen-bond donors (Lipinski definition) is 1. The molecule has 0 spiro atoms. The number of benzene rings is 3. The van der Waals surface area contributed by atoms with Crippen LogP contribution in [-0.2, 0) is 16.6 Å². The van der Waals surface area contributed by atoms with Gasteiger partial charge in [-0.25, -0.2) is 22.5 Å². The van der Waals surface area contributed by atoms with Gasteiger partial charge in [-0.05, 0) is 66.1 Å². The van der Waals surface area contributed by atoms with E-state index in [9.17, 15) is 26.4 Å². The molecular weight excluding hydrogens is 561 g/mol. The van der Waals surface area contributed by atoms with Crippen molar-refractivity contribution in [3.8, 4) is 17.1 Å². The van der Waals surface area contributed by atoms with Crippen molar-refractivity contribution in [3.63, 3.8) is 0 Å². The van der Waals surface area contributed by atoms with Crippen LogP contribution in [0.4, 0.5) is 19.0 Å². The highest BCUT2D eigenvalue weighted by atomic mass is 32.2. The third kappa shape index (κ3) is 5.53. The third-order valence-corrected chi connectivity index (χ3v) is 8.43. The molecule has 0 radical (unpaired) electrons. The summed E-state index contributed by atoms with van der Waals surface area (Å²) in [5.41, 5.74) is 1.67. The van der Waals surface area contributed by atoms with Crippen molar-refractivity contribution < 1.29 is 30.8 Å². The maximum absolute atomic E-state index is 14.2. The number of pyridine rings is 1. The van der Waals surface area contributed by atoms with Gasteiger partial charge in [0.2, 0.25) is 0 Å². The first-order valence-electron chi connectivity index (χ1n) is 12.5. The van der Waals surface area contributed by atoms with Crippen molar-refractivity contribution >= 4 is 26.6 Å². The molecule has 0 aliphatic heterocycles. The second-order valence-corrected chi connectivity index (χ2v) is 11.4. The van der Waals surface area contributed by atoms with Crippen LogP contribution >= 0.6 is 0 Å². The summed E-state index contributed by atoms with van der Waals surface area (Å²) >= 11 is 0. The number of ether oxygens (including phenoxy) is 1. The zero-order valence-corrected chi connectivity index (χ0v) is 21.9. The Bertz CT molecular complexity index is 1880. The van der Waals surface area contributed by atoms with Crippen molar-refractivity contribution in [2.45, 2.75) is 36.6 Å². The van der Waals surface area contributed by atoms with Crippen molar-refractivity contribution in [1.82, 2.24) is 15.1 Å². The number of nitrogens with zero attached hydrogens (tertiary/aromatic N) is 3. The van der Waals surface area contributed by atoms with Gasteiger partial charge in [0.1, 0.15) is 11.6 Å². The van der Waals surface area contributed by atoms with E-state index in [0.717, 1.165) is 41.3 Å². The quantitative estimate of drug-likeness (QED) is 0.248. The molecule has 3 aromatic carbocycles. The molecule has 0 bridgehead atoms. The number of aromatic nitrogens is 3. The van der Waals surface area contributed by atoms with E-state index in [1.54, 1.807) is 6.20 Å². The van der Waals surface area contributed by atoms with Crippen LogP contribution in [0.15, 0.2) is 93.2 Å². The summed E-state index contributed by atoms with van der Waals surface area (Å²) in [7, 11) is -4.24. The van der Waals surface area contributed by atoms with Crippen LogP contribution in [0.25, 0.3) is 22.2 Å². The van der Waals surface area contributed by atoms with Gasteiger partial charge in [-0.1, -0.05) is 41.6 Å². The van der Waals surface area contributed by atoms with E-state index in [1.165, 1.54) is 40.7 Å². The lowest BCUT2D eigenvalue weighted by Crippen LogP contribution is -2.32. The largest absolute Gasteiger partial charge is 0.573 e. The Kier molecular flexibility index (Phi) is 6.53. The van der Waals surface area contributed by atoms with Crippen LogP contribution in [0.3, 0.4) is 0 Å². The van der Waals surface area contributed by atoms with Gasteiger partial charge in [0.05, 0.1) is 11.4 Å². The number of H-pyrrole nitrogens is 1. The lowest BCUT2D eigenvalue weighted by atomic mass is 10.0. The second-order valence-electron chi connectivity index (χ2n) is 9.53. The highest BCUT2D eigenvalue weighted by Crippen LogP contribution is 2.48. The highest BCUT2D eigenvalue weighted by molar-refractivity contribution is 7.92. The van der Waals surface area contributed by atoms with Gasteiger partial charge in [0, 0.05) is 22.7 Å². The molecule has 0 saturated heterocycles. The van der Waals surface area contributed by atoms with Crippen LogP contribution < -0.4 is 14.8 Å². The monoisotopic (exact) mass is 582 g/mol. The van der Waals surface area contributed by atoms with Gasteiger partial charge in [0.25, 0.3) is 10.0 Å². The summed E-state index contributed by atoms with van der Waals surface area (Å²) in [5.74, 6) is -0.643. The van der Waals surface area contributed by atoms with E-state index >= 15 is 0 Å². The molecule has 0 unspecified atom stereocenters. The smallest absolute Gasteiger partial charge is 0.406 e. The van der Waals surface area contributed by atoms with E-state index in [4.69, 9.17) is 0 Å². The first kappa shape index (κ1) is 26.6. The molecule has 9 nitrogen and oxygen atoms in total. The molecular formula is C28H21F3N4O5S. The Morgan fingerprint density at radius 2 is 1.71 bits per heavy atom. The van der Waals surface area contributed by atoms with Gasteiger partial charge in [0.15, 0.2) is 5.82 Å². The number of hydrogen-bond acceptors (Lipinski definition) is 7. The predicted molar refractivity (Wildman–Crippen MR) is 143 cm³/mol. The number of halogens is 3. The SMILES string of the molecule is O=c1[nH]c(-c2ccc(S(=O)(=O)N(Cc3ccc(OC(F)(F)F)cc3)c3ncc4ccccc4c3C3CC3)cc2)no1. The van der Waals surface area contributed by atoms with E-state index in [1.807, 2.05) is 24.3 Å². The molecule has 1 N–H and O–H groups in total. The van der Waals surface area contributed by atoms with Gasteiger partial charge >= 0.3 is 12.1 Å². The molecule has 1 fully saturated rings. The highest BCUT2D eigenvalue weighted by Gasteiger charge is 2.35. The fourth-order valence-corrected chi connectivity index (χ4v) is 6.08. The van der Waals surface area contributed by atoms with Crippen LogP contribution in [0.1, 0.15) is 29.9 Å². The predicted octanol–water partition coefficient (Wildman–Crippen LogP) is 5.75. The van der Waals surface area contributed by atoms with E-state index in [0.29, 0.717) is 11.1 Å². The van der Waals surface area contributed by atoms with E-state index in [-0.39, 0.29) is 29.0 Å². The Labute approximate surface area is 231 Å². The van der Waals surface area contributed by atoms with Crippen LogP contribution in [-0.4, -0.2) is 29.9 Å². The van der Waals surface area contributed by atoms with Gasteiger partial charge in [-0.3, -0.25) is 9.51 Å². The molecule has 210 valence electrons. The van der Waals surface area contributed by atoms with Crippen molar-refractivity contribution in [2.24, 2.45) is 0 Å². The topological polar surface area (TPSA) is 118 Å². The summed E-state index contributed by atoms with van der Waals surface area (Å²) in [5, 5.41) is 5.38. The van der Waals surface area contributed by atoms with Gasteiger partial charge in [-0.2, -0.15) is 0 Å². The molecule has 2 aromatic heterocycles. The molecule has 0 atom stereocenters. The third-order valence-electron chi connectivity index (χ3n) is 6.68. The average Bonchev–Trinajstić information content (AvgIpc) is 3.70. The summed E-state index contributed by atoms with van der Waals surface area (Å²) in [6.07, 6.45) is -1.48. The minimum absolute atomic E-state index is 0.0548. The van der Waals surface area contributed by atoms with Crippen molar-refractivity contribution in [3.05, 3.63) is 101 Å². The number of aromatic amines is 1. The van der Waals surface area contributed by atoms with E-state index < -0.39 is 27.9 Å². The van der Waals surface area contributed by atoms with Crippen LogP contribution in [0, 0.1) is 0 Å². The number of alkyl halides is 3. The summed E-state index contributed by atoms with van der Waals surface area (Å²) in [6, 6.07) is 18.3. The molecule has 13 heteroatoms. The minimum atomic E-state index is -4.85. The first-order valence-corrected chi connectivity index (χ1v) is 13.9. The average molecular weight is 583 g/mol. The van der Waals surface area contributed by atoms with Gasteiger partial charge < -0.3 is 4.74 Å². The Morgan fingerprint density at radius 1 is 1.00 bits per heavy atom. The Morgan fingerprint density at radius 3 is 2.34 bits per heavy atom. The zero-order chi connectivity index (χ0) is 28.8. The molecule has 41 heavy (non-hydrogen) atoms. The normalized spacial score (nSPS) is 13.8. The molecule has 5 aromatic rings. The lowest BCUT2D eigenvalue weighted by molar-refractivity contribution is -0.274. The second kappa shape index (κ2) is 10.1. The summed E-state index contributed by atoms with van der Waals surface area (Å²) in [4.78, 5) is 18.3. The van der Waals surface area contributed by atoms with E-state index in [2.05, 4.69) is 24.4 Å². The first-order chi connectivity index (χ1) is 19.6. The maximum atomic E-state index is 14.2. The molecule has 2 heterocycles. The van der Waals surface area contributed by atoms with Crippen LogP contribution in [0.5, 0.6) is 5.75 Å². The van der Waals surface area contributed by atoms with Crippen molar-refractivity contribution in [2.75, 3.05) is 4.31 Å². The maximum Gasteiger partial charge on any atom is 0.573 e. The molecule has 1 aliphatic carbocycles. The number of sulfonamides is 1. The minimum Gasteiger partial charge on any atom is -0.406 e. The molecule has 1 aliphatic rings. The van der Waals surface area contributed by atoms with Gasteiger partial charge in [-0.15, -0.1) is 13.2 Å². The molecule has 6 rings (SSSR count). The fraction of sp³-hybridized carbons (Fsp3) is 0.179. The lowest BCUT2D eigenvalue weighted by Gasteiger charge is -2.27.